The van der Waals surface area contributed by atoms with E-state index < -0.39 is 5.97 Å². The Kier molecular flexibility index (Phi) is 4.22. The first-order chi connectivity index (χ1) is 9.08. The van der Waals surface area contributed by atoms with Gasteiger partial charge in [-0.3, -0.25) is 0 Å². The smallest absolute Gasteiger partial charge is 0.339 e. The van der Waals surface area contributed by atoms with Gasteiger partial charge in [0.05, 0.1) is 0 Å². The van der Waals surface area contributed by atoms with Gasteiger partial charge >= 0.3 is 5.97 Å². The van der Waals surface area contributed by atoms with Gasteiger partial charge in [0.25, 0.3) is 0 Å². The van der Waals surface area contributed by atoms with Crippen LogP contribution < -0.4 is 4.74 Å². The molecule has 0 saturated heterocycles. The lowest BCUT2D eigenvalue weighted by Gasteiger charge is -2.16. The number of carbonyl (C=O) groups is 1. The Morgan fingerprint density at radius 3 is 2.53 bits per heavy atom. The molecule has 2 aromatic carbocycles. The molecule has 0 radical (unpaired) electrons. The van der Waals surface area contributed by atoms with E-state index in [2.05, 4.69) is 15.9 Å². The Labute approximate surface area is 120 Å². The van der Waals surface area contributed by atoms with Crippen LogP contribution in [0.1, 0.15) is 28.9 Å². The predicted molar refractivity (Wildman–Crippen MR) is 76.6 cm³/mol. The summed E-state index contributed by atoms with van der Waals surface area (Å²) in [6.07, 6.45) is -0.208. The van der Waals surface area contributed by atoms with Crippen molar-refractivity contribution in [1.29, 1.82) is 0 Å². The van der Waals surface area contributed by atoms with Crippen molar-refractivity contribution < 1.29 is 14.6 Å². The highest BCUT2D eigenvalue weighted by atomic mass is 79.9. The quantitative estimate of drug-likeness (QED) is 0.914. The van der Waals surface area contributed by atoms with Crippen molar-refractivity contribution in [3.8, 4) is 5.75 Å². The van der Waals surface area contributed by atoms with Gasteiger partial charge < -0.3 is 9.84 Å². The lowest BCUT2D eigenvalue weighted by molar-refractivity contribution is 0.0689. The average molecular weight is 321 g/mol. The Hall–Kier alpha value is -1.81. The highest BCUT2D eigenvalue weighted by Crippen LogP contribution is 2.27. The third kappa shape index (κ3) is 3.35. The molecule has 1 unspecified atom stereocenters. The van der Waals surface area contributed by atoms with E-state index in [-0.39, 0.29) is 11.7 Å². The molecule has 0 bridgehead atoms. The lowest BCUT2D eigenvalue weighted by atomic mass is 10.1. The van der Waals surface area contributed by atoms with Crippen LogP contribution in [0.15, 0.2) is 53.0 Å². The third-order valence-corrected chi connectivity index (χ3v) is 3.24. The van der Waals surface area contributed by atoms with E-state index in [9.17, 15) is 9.90 Å². The summed E-state index contributed by atoms with van der Waals surface area (Å²) >= 11 is 3.26. The number of carboxylic acid groups (broad SMARTS) is 1. The van der Waals surface area contributed by atoms with Crippen LogP contribution in [0.25, 0.3) is 0 Å². The molecular weight excluding hydrogens is 308 g/mol. The molecule has 1 N–H and O–H groups in total. The summed E-state index contributed by atoms with van der Waals surface area (Å²) in [6.45, 7) is 1.89. The topological polar surface area (TPSA) is 46.5 Å². The van der Waals surface area contributed by atoms with E-state index in [0.717, 1.165) is 5.56 Å². The Bertz CT molecular complexity index is 581. The molecule has 0 saturated carbocycles. The van der Waals surface area contributed by atoms with Crippen LogP contribution in [0.4, 0.5) is 0 Å². The largest absolute Gasteiger partial charge is 0.485 e. The molecule has 0 aliphatic rings. The zero-order valence-corrected chi connectivity index (χ0v) is 11.9. The second kappa shape index (κ2) is 5.89. The van der Waals surface area contributed by atoms with E-state index in [1.165, 1.54) is 6.07 Å². The fraction of sp³-hybridized carbons (Fsp3) is 0.133. The van der Waals surface area contributed by atoms with Gasteiger partial charge in [-0.05, 0) is 30.7 Å². The van der Waals surface area contributed by atoms with E-state index >= 15 is 0 Å². The summed E-state index contributed by atoms with van der Waals surface area (Å²) in [7, 11) is 0. The molecule has 0 fully saturated rings. The first kappa shape index (κ1) is 13.6. The number of benzene rings is 2. The van der Waals surface area contributed by atoms with Gasteiger partial charge in [-0.15, -0.1) is 0 Å². The summed E-state index contributed by atoms with van der Waals surface area (Å²) in [4.78, 5) is 11.2. The van der Waals surface area contributed by atoms with Crippen LogP contribution in [0.3, 0.4) is 0 Å². The number of hydrogen-bond donors (Lipinski definition) is 1. The summed E-state index contributed by atoms with van der Waals surface area (Å²) in [5.41, 5.74) is 1.15. The molecule has 0 aliphatic carbocycles. The van der Waals surface area contributed by atoms with Gasteiger partial charge in [-0.25, -0.2) is 4.79 Å². The third-order valence-electron chi connectivity index (χ3n) is 2.74. The van der Waals surface area contributed by atoms with Crippen molar-refractivity contribution >= 4 is 21.9 Å². The molecule has 0 aromatic heterocycles. The van der Waals surface area contributed by atoms with E-state index in [1.54, 1.807) is 12.1 Å². The first-order valence-electron chi connectivity index (χ1n) is 5.82. The molecule has 0 amide bonds. The second-order valence-electron chi connectivity index (χ2n) is 4.12. The van der Waals surface area contributed by atoms with Gasteiger partial charge in [-0.1, -0.05) is 46.3 Å². The Balaban J connectivity index is 2.26. The molecule has 0 spiro atoms. The highest BCUT2D eigenvalue weighted by molar-refractivity contribution is 9.10. The van der Waals surface area contributed by atoms with Crippen LogP contribution in [0.5, 0.6) is 5.75 Å². The molecule has 19 heavy (non-hydrogen) atoms. The zero-order chi connectivity index (χ0) is 13.8. The summed E-state index contributed by atoms with van der Waals surface area (Å²) in [6, 6.07) is 14.6. The predicted octanol–water partition coefficient (Wildman–Crippen LogP) is 4.29. The maximum atomic E-state index is 11.2. The molecule has 1 atom stereocenters. The Morgan fingerprint density at radius 2 is 1.89 bits per heavy atom. The monoisotopic (exact) mass is 320 g/mol. The molecule has 0 aliphatic heterocycles. The number of aromatic carboxylic acids is 1. The standard InChI is InChI=1S/C15H13BrO3/c1-10(11-5-3-2-4-6-11)19-14-8-7-12(16)9-13(14)15(17)18/h2-10H,1H3,(H,17,18). The fourth-order valence-electron chi connectivity index (χ4n) is 1.75. The zero-order valence-electron chi connectivity index (χ0n) is 10.3. The van der Waals surface area contributed by atoms with Gasteiger partial charge in [0, 0.05) is 4.47 Å². The minimum absolute atomic E-state index is 0.150. The SMILES string of the molecule is CC(Oc1ccc(Br)cc1C(=O)O)c1ccccc1. The molecule has 3 nitrogen and oxygen atoms in total. The molecule has 98 valence electrons. The Morgan fingerprint density at radius 1 is 1.21 bits per heavy atom. The second-order valence-corrected chi connectivity index (χ2v) is 5.03. The molecule has 4 heteroatoms. The van der Waals surface area contributed by atoms with Crippen molar-refractivity contribution in [2.75, 3.05) is 0 Å². The van der Waals surface area contributed by atoms with Crippen LogP contribution in [-0.2, 0) is 0 Å². The minimum Gasteiger partial charge on any atom is -0.485 e. The maximum Gasteiger partial charge on any atom is 0.339 e. The van der Waals surface area contributed by atoms with Gasteiger partial charge in [-0.2, -0.15) is 0 Å². The van der Waals surface area contributed by atoms with E-state index in [1.807, 2.05) is 37.3 Å². The van der Waals surface area contributed by atoms with Crippen LogP contribution in [0, 0.1) is 0 Å². The summed E-state index contributed by atoms with van der Waals surface area (Å²) < 4.78 is 6.46. The number of ether oxygens (including phenoxy) is 1. The molecular formula is C15H13BrO3. The molecule has 0 heterocycles. The van der Waals surface area contributed by atoms with Crippen LogP contribution in [0.2, 0.25) is 0 Å². The lowest BCUT2D eigenvalue weighted by Crippen LogP contribution is -2.07. The summed E-state index contributed by atoms with van der Waals surface area (Å²) in [5.74, 6) is -0.636. The summed E-state index contributed by atoms with van der Waals surface area (Å²) in [5, 5.41) is 9.17. The normalized spacial score (nSPS) is 11.9. The fourth-order valence-corrected chi connectivity index (χ4v) is 2.12. The van der Waals surface area contributed by atoms with Gasteiger partial charge in [0.1, 0.15) is 17.4 Å². The van der Waals surface area contributed by atoms with Crippen molar-refractivity contribution in [2.45, 2.75) is 13.0 Å². The number of hydrogen-bond acceptors (Lipinski definition) is 2. The van der Waals surface area contributed by atoms with E-state index in [4.69, 9.17) is 4.74 Å². The first-order valence-corrected chi connectivity index (χ1v) is 6.61. The highest BCUT2D eigenvalue weighted by Gasteiger charge is 2.15. The number of rotatable bonds is 4. The molecule has 2 aromatic rings. The van der Waals surface area contributed by atoms with E-state index in [0.29, 0.717) is 10.2 Å². The van der Waals surface area contributed by atoms with Crippen molar-refractivity contribution in [3.05, 3.63) is 64.1 Å². The minimum atomic E-state index is -1.00. The van der Waals surface area contributed by atoms with Crippen LogP contribution in [-0.4, -0.2) is 11.1 Å². The number of halogens is 1. The van der Waals surface area contributed by atoms with Crippen molar-refractivity contribution in [2.24, 2.45) is 0 Å². The number of carboxylic acids is 1. The van der Waals surface area contributed by atoms with Crippen LogP contribution >= 0.6 is 15.9 Å². The maximum absolute atomic E-state index is 11.2. The van der Waals surface area contributed by atoms with Gasteiger partial charge in [0.15, 0.2) is 0 Å². The molecule has 2 rings (SSSR count). The average Bonchev–Trinajstić information content (AvgIpc) is 2.41. The van der Waals surface area contributed by atoms with Crippen molar-refractivity contribution in [1.82, 2.24) is 0 Å². The van der Waals surface area contributed by atoms with Crippen molar-refractivity contribution in [3.63, 3.8) is 0 Å². The van der Waals surface area contributed by atoms with Gasteiger partial charge in [0.2, 0.25) is 0 Å².